The third-order valence-electron chi connectivity index (χ3n) is 7.87. The van der Waals surface area contributed by atoms with E-state index in [1.165, 1.54) is 31.0 Å². The molecule has 0 radical (unpaired) electrons. The zero-order valence-corrected chi connectivity index (χ0v) is 25.8. The fourth-order valence-corrected chi connectivity index (χ4v) is 5.33. The molecule has 0 aliphatic carbocycles. The van der Waals surface area contributed by atoms with Gasteiger partial charge in [-0.3, -0.25) is 19.3 Å². The van der Waals surface area contributed by atoms with Crippen LogP contribution in [-0.2, 0) is 30.4 Å². The molecule has 12 nitrogen and oxygen atoms in total. The van der Waals surface area contributed by atoms with Gasteiger partial charge in [0.2, 0.25) is 11.8 Å². The van der Waals surface area contributed by atoms with E-state index in [1.54, 1.807) is 26.8 Å². The number of likely N-dealkylation sites (N-methyl/N-ethyl adjacent to an activating group) is 1. The molecule has 1 fully saturated rings. The molecule has 2 aliphatic rings. The van der Waals surface area contributed by atoms with Gasteiger partial charge in [0.25, 0.3) is 5.91 Å². The summed E-state index contributed by atoms with van der Waals surface area (Å²) in [7, 11) is 1.40. The van der Waals surface area contributed by atoms with Crippen molar-refractivity contribution in [1.82, 2.24) is 15.1 Å². The Morgan fingerprint density at radius 1 is 1.09 bits per heavy atom. The zero-order chi connectivity index (χ0) is 33.1. The van der Waals surface area contributed by atoms with Gasteiger partial charge in [0.15, 0.2) is 0 Å². The average molecular weight is 630 g/mol. The van der Waals surface area contributed by atoms with Crippen molar-refractivity contribution in [2.24, 2.45) is 11.1 Å². The van der Waals surface area contributed by atoms with E-state index in [0.717, 1.165) is 23.1 Å². The first-order chi connectivity index (χ1) is 21.2. The van der Waals surface area contributed by atoms with E-state index in [4.69, 9.17) is 9.47 Å². The number of ether oxygens (including phenoxy) is 2. The Balaban J connectivity index is 1.66. The molecule has 0 bridgehead atoms. The zero-order valence-electron chi connectivity index (χ0n) is 25.8. The second-order valence-electron chi connectivity index (χ2n) is 12.1. The number of halogens is 2. The van der Waals surface area contributed by atoms with Gasteiger partial charge in [-0.05, 0) is 87.0 Å². The first-order valence-corrected chi connectivity index (χ1v) is 14.6. The maximum atomic E-state index is 14.5. The van der Waals surface area contributed by atoms with Crippen molar-refractivity contribution in [3.05, 3.63) is 64.1 Å². The summed E-state index contributed by atoms with van der Waals surface area (Å²) in [6, 6.07) is 3.83. The Morgan fingerprint density at radius 2 is 1.73 bits per heavy atom. The van der Waals surface area contributed by atoms with Gasteiger partial charge in [0.05, 0.1) is 0 Å². The predicted octanol–water partition coefficient (Wildman–Crippen LogP) is 4.55. The van der Waals surface area contributed by atoms with Crippen LogP contribution in [0.25, 0.3) is 0 Å². The van der Waals surface area contributed by atoms with Crippen LogP contribution >= 0.6 is 0 Å². The lowest BCUT2D eigenvalue weighted by Crippen LogP contribution is -2.57. The van der Waals surface area contributed by atoms with Crippen molar-refractivity contribution in [3.63, 3.8) is 0 Å². The van der Waals surface area contributed by atoms with Crippen molar-refractivity contribution in [2.75, 3.05) is 25.6 Å². The molecule has 4 amide bonds. The van der Waals surface area contributed by atoms with E-state index in [1.807, 2.05) is 0 Å². The van der Waals surface area contributed by atoms with E-state index >= 15 is 0 Å². The molecule has 1 saturated heterocycles. The van der Waals surface area contributed by atoms with Crippen LogP contribution in [0.1, 0.15) is 57.7 Å². The lowest BCUT2D eigenvalue weighted by atomic mass is 9.90. The number of hydrogen-bond acceptors (Lipinski definition) is 8. The third kappa shape index (κ3) is 7.62. The molecular weight excluding hydrogens is 592 g/mol. The monoisotopic (exact) mass is 629 g/mol. The van der Waals surface area contributed by atoms with Gasteiger partial charge in [0, 0.05) is 26.8 Å². The number of nitrogens with zero attached hydrogens (tertiary/aromatic N) is 3. The lowest BCUT2D eigenvalue weighted by molar-refractivity contribution is -0.144. The van der Waals surface area contributed by atoms with Gasteiger partial charge in [-0.15, -0.1) is 4.91 Å². The summed E-state index contributed by atoms with van der Waals surface area (Å²) in [6.45, 7) is 7.15. The number of rotatable bonds is 8. The summed E-state index contributed by atoms with van der Waals surface area (Å²) in [5.74, 6) is -4.61. The summed E-state index contributed by atoms with van der Waals surface area (Å²) in [5.41, 5.74) is -0.731. The van der Waals surface area contributed by atoms with Crippen LogP contribution in [0.2, 0.25) is 0 Å². The Labute approximate surface area is 259 Å². The number of amides is 4. The molecule has 2 N–H and O–H groups in total. The molecule has 45 heavy (non-hydrogen) atoms. The minimum Gasteiger partial charge on any atom is -0.444 e. The highest BCUT2D eigenvalue weighted by atomic mass is 19.1. The van der Waals surface area contributed by atoms with Crippen molar-refractivity contribution in [1.29, 1.82) is 0 Å². The van der Waals surface area contributed by atoms with Gasteiger partial charge in [-0.2, -0.15) is 0 Å². The molecule has 0 spiro atoms. The number of fused-ring (bicyclic) bond motifs is 1. The number of nitrogens with one attached hydrogen (secondary N) is 2. The van der Waals surface area contributed by atoms with Crippen molar-refractivity contribution in [3.8, 4) is 0 Å². The van der Waals surface area contributed by atoms with Crippen LogP contribution in [0.4, 0.5) is 25.0 Å². The molecule has 0 unspecified atom stereocenters. The Kier molecular flexibility index (Phi) is 10.2. The SMILES string of the molecule is C[C@@H](C(=O)N[C@H](C(=O)N1Cc2ccc(N=O)cc2[C@H]1C(=O)Nc1c(F)cccc1F)C1CCOCC1)N(C)C(=O)OC(C)(C)C. The maximum Gasteiger partial charge on any atom is 0.410 e. The predicted molar refractivity (Wildman–Crippen MR) is 159 cm³/mol. The smallest absolute Gasteiger partial charge is 0.410 e. The van der Waals surface area contributed by atoms with Crippen LogP contribution < -0.4 is 10.6 Å². The summed E-state index contributed by atoms with van der Waals surface area (Å²) < 4.78 is 39.8. The number of carbonyl (C=O) groups is 4. The van der Waals surface area contributed by atoms with E-state index in [0.29, 0.717) is 31.6 Å². The number of nitroso groups, excluding NO2 is 1. The van der Waals surface area contributed by atoms with Gasteiger partial charge in [-0.25, -0.2) is 13.6 Å². The molecule has 2 aromatic rings. The first kappa shape index (κ1) is 33.4. The van der Waals surface area contributed by atoms with Gasteiger partial charge in [-0.1, -0.05) is 12.1 Å². The van der Waals surface area contributed by atoms with E-state index < -0.39 is 70.8 Å². The summed E-state index contributed by atoms with van der Waals surface area (Å²) in [4.78, 5) is 67.8. The van der Waals surface area contributed by atoms with Crippen LogP contribution in [0.15, 0.2) is 41.6 Å². The second-order valence-corrected chi connectivity index (χ2v) is 12.1. The second kappa shape index (κ2) is 13.7. The fraction of sp³-hybridized carbons (Fsp3) is 0.484. The Morgan fingerprint density at radius 3 is 2.33 bits per heavy atom. The number of benzene rings is 2. The summed E-state index contributed by atoms with van der Waals surface area (Å²) >= 11 is 0. The molecule has 4 rings (SSSR count). The maximum absolute atomic E-state index is 14.5. The molecule has 14 heteroatoms. The Bertz CT molecular complexity index is 1450. The standard InChI is InChI=1S/C31H37F2N5O7/c1-17(37(5)30(42)45-31(2,3)4)27(39)34-24(18-11-13-44-14-12-18)29(41)38-16-19-9-10-20(36-43)15-21(19)26(38)28(40)35-25-22(32)7-6-8-23(25)33/h6-10,15,17-18,24,26H,11-14,16H2,1-5H3,(H,34,39)(H,35,40)/t17-,24-,26-/m0/s1. The van der Waals surface area contributed by atoms with Crippen LogP contribution in [0, 0.1) is 22.5 Å². The van der Waals surface area contributed by atoms with Gasteiger partial charge < -0.3 is 25.0 Å². The van der Waals surface area contributed by atoms with Crippen LogP contribution in [-0.4, -0.2) is 71.6 Å². The highest BCUT2D eigenvalue weighted by molar-refractivity contribution is 6.00. The summed E-state index contributed by atoms with van der Waals surface area (Å²) in [5, 5.41) is 7.96. The molecule has 2 aromatic carbocycles. The van der Waals surface area contributed by atoms with E-state index in [-0.39, 0.29) is 17.8 Å². The molecule has 0 aromatic heterocycles. The number of carbonyl (C=O) groups excluding carboxylic acids is 4. The highest BCUT2D eigenvalue weighted by Gasteiger charge is 2.44. The molecule has 2 aliphatic heterocycles. The molecule has 3 atom stereocenters. The summed E-state index contributed by atoms with van der Waals surface area (Å²) in [6.07, 6.45) is 0.111. The van der Waals surface area contributed by atoms with Crippen LogP contribution in [0.5, 0.6) is 0 Å². The van der Waals surface area contributed by atoms with E-state index in [2.05, 4.69) is 15.8 Å². The van der Waals surface area contributed by atoms with Crippen molar-refractivity contribution in [2.45, 2.75) is 70.8 Å². The third-order valence-corrected chi connectivity index (χ3v) is 7.87. The van der Waals surface area contributed by atoms with Crippen LogP contribution in [0.3, 0.4) is 0 Å². The normalized spacial score (nSPS) is 17.9. The topological polar surface area (TPSA) is 147 Å². The Hall–Kier alpha value is -4.46. The largest absolute Gasteiger partial charge is 0.444 e. The first-order valence-electron chi connectivity index (χ1n) is 14.6. The number of para-hydroxylation sites is 1. The minimum absolute atomic E-state index is 0.00814. The highest BCUT2D eigenvalue weighted by Crippen LogP contribution is 2.38. The van der Waals surface area contributed by atoms with Crippen molar-refractivity contribution < 1.29 is 37.4 Å². The molecule has 0 saturated carbocycles. The van der Waals surface area contributed by atoms with Gasteiger partial charge in [0.1, 0.15) is 46.7 Å². The van der Waals surface area contributed by atoms with Crippen molar-refractivity contribution >= 4 is 35.2 Å². The average Bonchev–Trinajstić information content (AvgIpc) is 3.39. The van der Waals surface area contributed by atoms with Gasteiger partial charge >= 0.3 is 6.09 Å². The molecule has 242 valence electrons. The molecule has 2 heterocycles. The lowest BCUT2D eigenvalue weighted by Gasteiger charge is -2.36. The minimum atomic E-state index is -1.41. The number of anilines is 1. The number of hydrogen-bond donors (Lipinski definition) is 2. The molecular formula is C31H37F2N5O7. The quantitative estimate of drug-likeness (QED) is 0.407. The van der Waals surface area contributed by atoms with E-state index in [9.17, 15) is 32.9 Å². The fourth-order valence-electron chi connectivity index (χ4n) is 5.33.